The number of anilines is 3. The molecule has 2 unspecified atom stereocenters. The Balaban J connectivity index is 0.00000141. The van der Waals surface area contributed by atoms with E-state index in [-0.39, 0.29) is 24.1 Å². The third-order valence-electron chi connectivity index (χ3n) is 7.12. The number of hydrogen-bond donors (Lipinski definition) is 4. The summed E-state index contributed by atoms with van der Waals surface area (Å²) in [4.78, 5) is 36.4. The van der Waals surface area contributed by atoms with Gasteiger partial charge in [0, 0.05) is 48.6 Å². The van der Waals surface area contributed by atoms with Gasteiger partial charge in [0.2, 0.25) is 0 Å². The van der Waals surface area contributed by atoms with Gasteiger partial charge in [-0.3, -0.25) is 9.78 Å². The van der Waals surface area contributed by atoms with E-state index in [0.29, 0.717) is 42.4 Å². The van der Waals surface area contributed by atoms with Gasteiger partial charge < -0.3 is 26.2 Å². The lowest BCUT2D eigenvalue weighted by Crippen LogP contribution is -2.40. The van der Waals surface area contributed by atoms with Crippen LogP contribution < -0.4 is 21.3 Å². The summed E-state index contributed by atoms with van der Waals surface area (Å²) in [6.45, 7) is 10.1. The lowest BCUT2D eigenvalue weighted by Gasteiger charge is -2.19. The molecule has 10 heteroatoms. The van der Waals surface area contributed by atoms with Crippen LogP contribution in [0.1, 0.15) is 48.7 Å². The number of hydrogen-bond acceptors (Lipinski definition) is 6. The highest BCUT2D eigenvalue weighted by atomic mass is 35.5. The largest absolute Gasteiger partial charge is 0.364 e. The van der Waals surface area contributed by atoms with Crippen LogP contribution >= 0.6 is 11.6 Å². The highest BCUT2D eigenvalue weighted by molar-refractivity contribution is 6.45. The highest BCUT2D eigenvalue weighted by Crippen LogP contribution is 2.25. The summed E-state index contributed by atoms with van der Waals surface area (Å²) < 4.78 is 0. The summed E-state index contributed by atoms with van der Waals surface area (Å²) in [7, 11) is 0. The predicted molar refractivity (Wildman–Crippen MR) is 181 cm³/mol. The summed E-state index contributed by atoms with van der Waals surface area (Å²) in [6.07, 6.45) is 8.74. The van der Waals surface area contributed by atoms with Crippen molar-refractivity contribution in [3.63, 3.8) is 0 Å². The van der Waals surface area contributed by atoms with Crippen LogP contribution in [0.15, 0.2) is 95.7 Å². The molecule has 2 aliphatic rings. The first kappa shape index (κ1) is 32.3. The molecule has 3 amide bonds. The molecule has 230 valence electrons. The molecule has 3 aromatic rings. The molecule has 44 heavy (non-hydrogen) atoms. The van der Waals surface area contributed by atoms with Crippen molar-refractivity contribution in [3.05, 3.63) is 107 Å². The SMILES string of the molecule is C/C=C(Cl)\C1=N/C(C)Nc2cccc(c2)CCc2cc(ccc2NC(=O)NC2CCN(C(=O)c3cccnc3)C2)N1.C=CC. The van der Waals surface area contributed by atoms with Gasteiger partial charge in [-0.2, -0.15) is 0 Å². The second-order valence-corrected chi connectivity index (χ2v) is 11.0. The number of amides is 3. The molecular formula is C34H40ClN7O2. The first-order chi connectivity index (χ1) is 21.3. The van der Waals surface area contributed by atoms with E-state index in [1.807, 2.05) is 51.1 Å². The van der Waals surface area contributed by atoms with Crippen LogP contribution in [0, 0.1) is 0 Å². The number of likely N-dealkylation sites (tertiary alicyclic amines) is 1. The molecule has 1 aromatic heterocycles. The van der Waals surface area contributed by atoms with Gasteiger partial charge in [-0.1, -0.05) is 35.9 Å². The van der Waals surface area contributed by atoms with Gasteiger partial charge in [0.1, 0.15) is 12.0 Å². The number of nitrogens with zero attached hydrogens (tertiary/aromatic N) is 3. The number of nitrogens with one attached hydrogen (secondary N) is 4. The van der Waals surface area contributed by atoms with Crippen LogP contribution in [0.2, 0.25) is 0 Å². The Labute approximate surface area is 264 Å². The lowest BCUT2D eigenvalue weighted by molar-refractivity contribution is 0.0789. The first-order valence-electron chi connectivity index (χ1n) is 14.8. The lowest BCUT2D eigenvalue weighted by atomic mass is 10.0. The van der Waals surface area contributed by atoms with E-state index < -0.39 is 0 Å². The summed E-state index contributed by atoms with van der Waals surface area (Å²) in [5.74, 6) is 0.479. The van der Waals surface area contributed by atoms with E-state index in [1.54, 1.807) is 41.6 Å². The minimum absolute atomic E-state index is 0.0771. The summed E-state index contributed by atoms with van der Waals surface area (Å²) in [5.41, 5.74) is 5.23. The molecule has 1 saturated heterocycles. The molecule has 5 rings (SSSR count). The minimum Gasteiger partial charge on any atom is -0.364 e. The van der Waals surface area contributed by atoms with Crippen LogP contribution in [0.5, 0.6) is 0 Å². The first-order valence-corrected chi connectivity index (χ1v) is 15.2. The van der Waals surface area contributed by atoms with Gasteiger partial charge in [0.05, 0.1) is 10.6 Å². The fourth-order valence-corrected chi connectivity index (χ4v) is 5.16. The van der Waals surface area contributed by atoms with E-state index in [9.17, 15) is 9.59 Å². The van der Waals surface area contributed by atoms with Crippen molar-refractivity contribution in [1.29, 1.82) is 0 Å². The van der Waals surface area contributed by atoms with Gasteiger partial charge in [0.15, 0.2) is 0 Å². The van der Waals surface area contributed by atoms with Crippen molar-refractivity contribution >= 4 is 46.4 Å². The van der Waals surface area contributed by atoms with Crippen molar-refractivity contribution < 1.29 is 9.59 Å². The number of aryl methyl sites for hydroxylation is 2. The molecule has 2 atom stereocenters. The average Bonchev–Trinajstić information content (AvgIpc) is 3.48. The predicted octanol–water partition coefficient (Wildman–Crippen LogP) is 6.82. The number of pyridine rings is 1. The Hall–Kier alpha value is -4.63. The molecule has 2 aliphatic heterocycles. The van der Waals surface area contributed by atoms with Gasteiger partial charge in [-0.25, -0.2) is 9.79 Å². The molecule has 1 fully saturated rings. The van der Waals surface area contributed by atoms with Gasteiger partial charge >= 0.3 is 6.03 Å². The number of allylic oxidation sites excluding steroid dienone is 2. The number of rotatable bonds is 4. The van der Waals surface area contributed by atoms with Crippen molar-refractivity contribution in [2.24, 2.45) is 4.99 Å². The molecule has 0 spiro atoms. The summed E-state index contributed by atoms with van der Waals surface area (Å²) >= 11 is 6.51. The molecule has 0 saturated carbocycles. The Morgan fingerprint density at radius 2 is 1.91 bits per heavy atom. The number of fused-ring (bicyclic) bond motifs is 4. The van der Waals surface area contributed by atoms with Crippen molar-refractivity contribution in [1.82, 2.24) is 15.2 Å². The Morgan fingerprint density at radius 1 is 1.09 bits per heavy atom. The number of halogens is 1. The molecule has 4 bridgehead atoms. The number of carbonyl (C=O) groups excluding carboxylic acids is 2. The molecule has 4 N–H and O–H groups in total. The summed E-state index contributed by atoms with van der Waals surface area (Å²) in [5, 5.41) is 13.4. The monoisotopic (exact) mass is 613 g/mol. The third kappa shape index (κ3) is 8.94. The van der Waals surface area contributed by atoms with E-state index in [2.05, 4.69) is 45.0 Å². The van der Waals surface area contributed by atoms with Gasteiger partial charge in [0.25, 0.3) is 5.91 Å². The van der Waals surface area contributed by atoms with E-state index in [1.165, 1.54) is 5.56 Å². The minimum atomic E-state index is -0.301. The van der Waals surface area contributed by atoms with Crippen LogP contribution in [-0.2, 0) is 12.8 Å². The van der Waals surface area contributed by atoms with Crippen molar-refractivity contribution in [2.45, 2.75) is 52.2 Å². The second kappa shape index (κ2) is 15.7. The van der Waals surface area contributed by atoms with Crippen LogP contribution in [0.25, 0.3) is 0 Å². The van der Waals surface area contributed by atoms with Gasteiger partial charge in [-0.05, 0) is 93.6 Å². The van der Waals surface area contributed by atoms with Crippen LogP contribution in [-0.4, -0.2) is 53.0 Å². The smallest absolute Gasteiger partial charge is 0.319 e. The van der Waals surface area contributed by atoms with Crippen LogP contribution in [0.3, 0.4) is 0 Å². The topological polar surface area (TPSA) is 111 Å². The maximum absolute atomic E-state index is 13.1. The Bertz CT molecular complexity index is 1520. The number of urea groups is 1. The Kier molecular flexibility index (Phi) is 11.5. The van der Waals surface area contributed by atoms with Gasteiger partial charge in [-0.15, -0.1) is 6.58 Å². The molecular weight excluding hydrogens is 574 g/mol. The van der Waals surface area contributed by atoms with Crippen molar-refractivity contribution in [2.75, 3.05) is 29.0 Å². The van der Waals surface area contributed by atoms with Crippen molar-refractivity contribution in [3.8, 4) is 0 Å². The number of benzene rings is 2. The summed E-state index contributed by atoms with van der Waals surface area (Å²) in [6, 6.07) is 17.1. The zero-order valence-electron chi connectivity index (χ0n) is 25.4. The maximum atomic E-state index is 13.1. The zero-order valence-corrected chi connectivity index (χ0v) is 26.2. The fourth-order valence-electron chi connectivity index (χ4n) is 5.07. The van der Waals surface area contributed by atoms with E-state index in [4.69, 9.17) is 16.6 Å². The number of amidine groups is 1. The highest BCUT2D eigenvalue weighted by Gasteiger charge is 2.28. The van der Waals surface area contributed by atoms with Crippen LogP contribution in [0.4, 0.5) is 21.9 Å². The molecule has 3 heterocycles. The number of aliphatic imine (C=N–C) groups is 1. The zero-order chi connectivity index (χ0) is 31.5. The molecule has 9 nitrogen and oxygen atoms in total. The maximum Gasteiger partial charge on any atom is 0.319 e. The quantitative estimate of drug-likeness (QED) is 0.241. The van der Waals surface area contributed by atoms with E-state index in [0.717, 1.165) is 29.0 Å². The molecule has 2 aromatic carbocycles. The number of aromatic nitrogens is 1. The van der Waals surface area contributed by atoms with E-state index >= 15 is 0 Å². The normalized spacial score (nSPS) is 19.1. The third-order valence-corrected chi connectivity index (χ3v) is 7.52. The average molecular weight is 614 g/mol. The standard InChI is InChI=1S/C31H34ClN7O2.C3H6/c1-3-27(32)29-35-20(2)34-24-8-4-6-21(16-24)9-10-22-17-25(36-29)11-12-28(22)38-31(41)37-26-13-15-39(19-26)30(40)23-7-5-14-33-18-23;1-3-2/h3-8,11-12,14,16-18,20,26,34H,9-10,13,15,19H2,1-2H3,(H,35,36)(H2,37,38,41);3H,1H2,2H3/b27-3+;. The number of carbonyl (C=O) groups is 2. The molecule has 0 aliphatic carbocycles. The Morgan fingerprint density at radius 3 is 2.66 bits per heavy atom. The fraction of sp³-hybridized carbons (Fsp3) is 0.294. The molecule has 0 radical (unpaired) electrons. The second-order valence-electron chi connectivity index (χ2n) is 10.6.